The van der Waals surface area contributed by atoms with Crippen LogP contribution in [0.5, 0.6) is 5.75 Å². The SMILES string of the molecule is CC1(C(=O)O)CCCN1Cc1ccc(O)c(F)c1. The van der Waals surface area contributed by atoms with Gasteiger partial charge in [0.1, 0.15) is 5.54 Å². The molecule has 0 aliphatic carbocycles. The van der Waals surface area contributed by atoms with Gasteiger partial charge in [-0.3, -0.25) is 9.69 Å². The summed E-state index contributed by atoms with van der Waals surface area (Å²) in [4.78, 5) is 13.1. The van der Waals surface area contributed by atoms with E-state index in [0.717, 1.165) is 6.42 Å². The van der Waals surface area contributed by atoms with Crippen LogP contribution in [0, 0.1) is 5.82 Å². The van der Waals surface area contributed by atoms with Gasteiger partial charge in [0.05, 0.1) is 0 Å². The van der Waals surface area contributed by atoms with Crippen molar-refractivity contribution in [2.75, 3.05) is 6.54 Å². The van der Waals surface area contributed by atoms with Crippen LogP contribution in [0.25, 0.3) is 0 Å². The van der Waals surface area contributed by atoms with Crippen molar-refractivity contribution in [1.29, 1.82) is 0 Å². The Bertz CT molecular complexity index is 477. The molecule has 5 heteroatoms. The Morgan fingerprint density at radius 3 is 2.89 bits per heavy atom. The first-order chi connectivity index (χ1) is 8.43. The van der Waals surface area contributed by atoms with Gasteiger partial charge in [0, 0.05) is 6.54 Å². The van der Waals surface area contributed by atoms with Gasteiger partial charge < -0.3 is 10.2 Å². The summed E-state index contributed by atoms with van der Waals surface area (Å²) in [5, 5.41) is 18.4. The average Bonchev–Trinajstić information content (AvgIpc) is 2.67. The Kier molecular flexibility index (Phi) is 3.26. The highest BCUT2D eigenvalue weighted by Crippen LogP contribution is 2.31. The number of phenolic OH excluding ortho intramolecular Hbond substituents is 1. The first-order valence-electron chi connectivity index (χ1n) is 5.89. The number of phenols is 1. The van der Waals surface area contributed by atoms with Crippen LogP contribution in [0.2, 0.25) is 0 Å². The van der Waals surface area contributed by atoms with E-state index in [2.05, 4.69) is 0 Å². The molecule has 2 N–H and O–H groups in total. The minimum atomic E-state index is -0.881. The quantitative estimate of drug-likeness (QED) is 0.864. The van der Waals surface area contributed by atoms with Crippen molar-refractivity contribution in [2.45, 2.75) is 31.8 Å². The molecule has 1 atom stereocenters. The van der Waals surface area contributed by atoms with Gasteiger partial charge in [-0.25, -0.2) is 4.39 Å². The summed E-state index contributed by atoms with van der Waals surface area (Å²) >= 11 is 0. The Hall–Kier alpha value is -1.62. The highest BCUT2D eigenvalue weighted by atomic mass is 19.1. The number of halogens is 1. The van der Waals surface area contributed by atoms with Crippen molar-refractivity contribution < 1.29 is 19.4 Å². The topological polar surface area (TPSA) is 60.8 Å². The van der Waals surface area contributed by atoms with E-state index >= 15 is 0 Å². The van der Waals surface area contributed by atoms with Gasteiger partial charge in [-0.1, -0.05) is 6.07 Å². The third-order valence-electron chi connectivity index (χ3n) is 3.64. The largest absolute Gasteiger partial charge is 0.505 e. The summed E-state index contributed by atoms with van der Waals surface area (Å²) in [6.45, 7) is 2.75. The zero-order valence-electron chi connectivity index (χ0n) is 10.2. The van der Waals surface area contributed by atoms with Gasteiger partial charge in [0.2, 0.25) is 0 Å². The predicted molar refractivity (Wildman–Crippen MR) is 63.7 cm³/mol. The van der Waals surface area contributed by atoms with Crippen molar-refractivity contribution >= 4 is 5.97 Å². The number of carboxylic acids is 1. The number of hydrogen-bond donors (Lipinski definition) is 2. The lowest BCUT2D eigenvalue weighted by Gasteiger charge is -2.31. The van der Waals surface area contributed by atoms with Crippen molar-refractivity contribution in [3.63, 3.8) is 0 Å². The second-order valence-corrected chi connectivity index (χ2v) is 4.89. The maximum Gasteiger partial charge on any atom is 0.323 e. The number of nitrogens with zero attached hydrogens (tertiary/aromatic N) is 1. The van der Waals surface area contributed by atoms with E-state index in [0.29, 0.717) is 25.1 Å². The third kappa shape index (κ3) is 2.18. The summed E-state index contributed by atoms with van der Waals surface area (Å²) in [5.74, 6) is -1.91. The Morgan fingerprint density at radius 1 is 1.56 bits per heavy atom. The zero-order valence-corrected chi connectivity index (χ0v) is 10.2. The number of likely N-dealkylation sites (tertiary alicyclic amines) is 1. The smallest absolute Gasteiger partial charge is 0.323 e. The third-order valence-corrected chi connectivity index (χ3v) is 3.64. The van der Waals surface area contributed by atoms with Gasteiger partial charge in [-0.2, -0.15) is 0 Å². The van der Waals surface area contributed by atoms with E-state index in [1.807, 2.05) is 4.90 Å². The van der Waals surface area contributed by atoms with Crippen LogP contribution in [0.15, 0.2) is 18.2 Å². The molecule has 0 radical (unpaired) electrons. The Morgan fingerprint density at radius 2 is 2.28 bits per heavy atom. The maximum atomic E-state index is 13.2. The fourth-order valence-electron chi connectivity index (χ4n) is 2.38. The van der Waals surface area contributed by atoms with E-state index in [1.165, 1.54) is 12.1 Å². The summed E-state index contributed by atoms with van der Waals surface area (Å²) < 4.78 is 13.2. The number of benzene rings is 1. The standard InChI is InChI=1S/C13H16FNO3/c1-13(12(17)18)5-2-6-15(13)8-9-3-4-11(16)10(14)7-9/h3-4,7,16H,2,5-6,8H2,1H3,(H,17,18). The molecule has 0 aromatic heterocycles. The molecule has 0 saturated carbocycles. The Balaban J connectivity index is 2.18. The van der Waals surface area contributed by atoms with Gasteiger partial charge in [0.25, 0.3) is 0 Å². The molecular weight excluding hydrogens is 237 g/mol. The summed E-state index contributed by atoms with van der Waals surface area (Å²) in [6, 6.07) is 4.15. The van der Waals surface area contributed by atoms with Crippen LogP contribution >= 0.6 is 0 Å². The molecule has 2 rings (SSSR count). The molecule has 0 amide bonds. The minimum Gasteiger partial charge on any atom is -0.505 e. The first-order valence-corrected chi connectivity index (χ1v) is 5.89. The first kappa shape index (κ1) is 12.8. The van der Waals surface area contributed by atoms with E-state index in [9.17, 15) is 14.3 Å². The molecule has 1 fully saturated rings. The molecular formula is C13H16FNO3. The molecule has 1 aromatic carbocycles. The van der Waals surface area contributed by atoms with Crippen molar-refractivity contribution in [2.24, 2.45) is 0 Å². The van der Waals surface area contributed by atoms with Crippen LogP contribution < -0.4 is 0 Å². The highest BCUT2D eigenvalue weighted by Gasteiger charge is 2.43. The lowest BCUT2D eigenvalue weighted by atomic mass is 9.99. The minimum absolute atomic E-state index is 0.375. The lowest BCUT2D eigenvalue weighted by molar-refractivity contribution is -0.148. The molecule has 1 aromatic rings. The van der Waals surface area contributed by atoms with E-state index in [1.54, 1.807) is 13.0 Å². The van der Waals surface area contributed by atoms with Crippen LogP contribution in [0.1, 0.15) is 25.3 Å². The molecule has 18 heavy (non-hydrogen) atoms. The van der Waals surface area contributed by atoms with Crippen LogP contribution in [-0.4, -0.2) is 33.2 Å². The van der Waals surface area contributed by atoms with E-state index < -0.39 is 17.3 Å². The maximum absolute atomic E-state index is 13.2. The molecule has 1 aliphatic rings. The average molecular weight is 253 g/mol. The number of hydrogen-bond acceptors (Lipinski definition) is 3. The fourth-order valence-corrected chi connectivity index (χ4v) is 2.38. The number of carbonyl (C=O) groups is 1. The zero-order chi connectivity index (χ0) is 13.3. The fraction of sp³-hybridized carbons (Fsp3) is 0.462. The van der Waals surface area contributed by atoms with Gasteiger partial charge >= 0.3 is 5.97 Å². The molecule has 1 saturated heterocycles. The number of aliphatic carboxylic acids is 1. The summed E-state index contributed by atoms with van der Waals surface area (Å²) in [5.41, 5.74) is -0.214. The monoisotopic (exact) mass is 253 g/mol. The molecule has 1 unspecified atom stereocenters. The van der Waals surface area contributed by atoms with Gasteiger partial charge in [-0.15, -0.1) is 0 Å². The molecule has 4 nitrogen and oxygen atoms in total. The van der Waals surface area contributed by atoms with Crippen LogP contribution in [-0.2, 0) is 11.3 Å². The predicted octanol–water partition coefficient (Wildman–Crippen LogP) is 1.97. The highest BCUT2D eigenvalue weighted by molar-refractivity contribution is 5.78. The van der Waals surface area contributed by atoms with Gasteiger partial charge in [0.15, 0.2) is 11.6 Å². The summed E-state index contributed by atoms with van der Waals surface area (Å²) in [6.07, 6.45) is 1.42. The van der Waals surface area contributed by atoms with Crippen LogP contribution in [0.4, 0.5) is 4.39 Å². The van der Waals surface area contributed by atoms with E-state index in [4.69, 9.17) is 5.11 Å². The van der Waals surface area contributed by atoms with Crippen molar-refractivity contribution in [3.05, 3.63) is 29.6 Å². The number of rotatable bonds is 3. The van der Waals surface area contributed by atoms with Crippen LogP contribution in [0.3, 0.4) is 0 Å². The number of carboxylic acid groups (broad SMARTS) is 1. The number of aromatic hydroxyl groups is 1. The lowest BCUT2D eigenvalue weighted by Crippen LogP contribution is -2.47. The van der Waals surface area contributed by atoms with Crippen molar-refractivity contribution in [1.82, 2.24) is 4.90 Å². The molecule has 1 heterocycles. The second kappa shape index (κ2) is 4.57. The van der Waals surface area contributed by atoms with Crippen molar-refractivity contribution in [3.8, 4) is 5.75 Å². The Labute approximate surface area is 105 Å². The normalized spacial score (nSPS) is 24.3. The van der Waals surface area contributed by atoms with E-state index in [-0.39, 0.29) is 5.75 Å². The molecule has 0 spiro atoms. The molecule has 1 aliphatic heterocycles. The molecule has 98 valence electrons. The molecule has 0 bridgehead atoms. The summed E-state index contributed by atoms with van der Waals surface area (Å²) in [7, 11) is 0. The second-order valence-electron chi connectivity index (χ2n) is 4.89. The van der Waals surface area contributed by atoms with Gasteiger partial charge in [-0.05, 0) is 44.0 Å².